The lowest BCUT2D eigenvalue weighted by Crippen LogP contribution is -2.64. The molecule has 0 N–H and O–H groups in total. The summed E-state index contributed by atoms with van der Waals surface area (Å²) in [6.45, 7) is -0.143. The van der Waals surface area contributed by atoms with Crippen LogP contribution in [0.4, 0.5) is 51.2 Å². The van der Waals surface area contributed by atoms with Crippen molar-refractivity contribution in [3.63, 3.8) is 0 Å². The Labute approximate surface area is 353 Å². The molecule has 0 unspecified atom stereocenters. The van der Waals surface area contributed by atoms with Crippen LogP contribution in [0.15, 0.2) is 205 Å². The van der Waals surface area contributed by atoms with Gasteiger partial charge in [-0.25, -0.2) is 0 Å². The third-order valence-corrected chi connectivity index (χ3v) is 13.3. The highest BCUT2D eigenvalue weighted by molar-refractivity contribution is 7.02. The first-order valence-electron chi connectivity index (χ1n) is 21.0. The SMILES string of the molecule is c1ccc(N2c3ccccc3B3c4cc5c(cc4Oc4cccc2c43)N(c2ccccc2)c2cccc3c2B5c2ccc4c(oc5ccccc54)c2N3c2ccccc2)cc1. The molecule has 0 saturated heterocycles. The molecule has 0 aliphatic carbocycles. The summed E-state index contributed by atoms with van der Waals surface area (Å²) in [4.78, 5) is 7.27. The van der Waals surface area contributed by atoms with Gasteiger partial charge in [-0.05, 0) is 106 Å². The van der Waals surface area contributed by atoms with Gasteiger partial charge < -0.3 is 23.9 Å². The minimum Gasteiger partial charge on any atom is -0.458 e. The number of anilines is 9. The predicted octanol–water partition coefficient (Wildman–Crippen LogP) is 10.1. The first-order valence-corrected chi connectivity index (χ1v) is 21.0. The lowest BCUT2D eigenvalue weighted by atomic mass is 9.30. The van der Waals surface area contributed by atoms with Crippen molar-refractivity contribution in [1.29, 1.82) is 0 Å². The Morgan fingerprint density at radius 3 is 1.67 bits per heavy atom. The first-order chi connectivity index (χ1) is 30.3. The van der Waals surface area contributed by atoms with E-state index in [1.54, 1.807) is 0 Å². The summed E-state index contributed by atoms with van der Waals surface area (Å²) in [6.07, 6.45) is 0. The number of rotatable bonds is 3. The monoisotopic (exact) mass is 777 g/mol. The van der Waals surface area contributed by atoms with Crippen molar-refractivity contribution in [2.75, 3.05) is 14.7 Å². The highest BCUT2D eigenvalue weighted by Gasteiger charge is 2.47. The maximum atomic E-state index is 7.13. The standard InChI is InChI=1S/C54H33B2N3O2/c1-4-16-34(17-5-1)57-43-24-12-11-23-39(43)55-42-32-41-47(33-50(42)60-49-29-15-27-46(57)52(49)55)58(35-18-6-2-7-19-35)44-25-14-26-45-51(44)56(41)40-31-30-38-37-22-10-13-28-48(37)61-54(38)53(40)59(45)36-20-8-3-9-21-36/h1-33H. The van der Waals surface area contributed by atoms with Crippen LogP contribution in [0.25, 0.3) is 21.9 Å². The second-order valence-corrected chi connectivity index (χ2v) is 16.4. The van der Waals surface area contributed by atoms with Crippen molar-refractivity contribution in [3.05, 3.63) is 200 Å². The molecule has 4 aliphatic heterocycles. The number of hydrogen-bond acceptors (Lipinski definition) is 5. The summed E-state index contributed by atoms with van der Waals surface area (Å²) in [5, 5.41) is 2.23. The van der Waals surface area contributed by atoms with Crippen LogP contribution in [0.5, 0.6) is 11.5 Å². The van der Waals surface area contributed by atoms with Gasteiger partial charge in [0, 0.05) is 62.3 Å². The number of benzene rings is 9. The zero-order valence-electron chi connectivity index (χ0n) is 32.9. The fraction of sp³-hybridized carbons (Fsp3) is 0. The number of para-hydroxylation sites is 5. The van der Waals surface area contributed by atoms with Gasteiger partial charge in [0.1, 0.15) is 17.1 Å². The molecule has 0 amide bonds. The highest BCUT2D eigenvalue weighted by Crippen LogP contribution is 2.48. The van der Waals surface area contributed by atoms with E-state index in [-0.39, 0.29) is 13.4 Å². The smallest absolute Gasteiger partial charge is 0.256 e. The number of ether oxygens (including phenoxy) is 1. The lowest BCUT2D eigenvalue weighted by Gasteiger charge is -2.45. The highest BCUT2D eigenvalue weighted by atomic mass is 16.5. The van der Waals surface area contributed by atoms with Crippen LogP contribution in [0, 0.1) is 0 Å². The fourth-order valence-corrected chi connectivity index (χ4v) is 10.9. The molecule has 10 aromatic rings. The number of fused-ring (bicyclic) bond motifs is 12. The molecule has 14 rings (SSSR count). The second kappa shape index (κ2) is 12.3. The van der Waals surface area contributed by atoms with Gasteiger partial charge in [0.2, 0.25) is 0 Å². The molecule has 0 spiro atoms. The molecule has 0 fully saturated rings. The molecule has 9 aromatic carbocycles. The van der Waals surface area contributed by atoms with Crippen molar-refractivity contribution in [1.82, 2.24) is 0 Å². The predicted molar refractivity (Wildman–Crippen MR) is 254 cm³/mol. The topological polar surface area (TPSA) is 32.1 Å². The van der Waals surface area contributed by atoms with Gasteiger partial charge in [-0.1, -0.05) is 121 Å². The molecular weight excluding hydrogens is 744 g/mol. The van der Waals surface area contributed by atoms with Crippen molar-refractivity contribution < 1.29 is 9.15 Å². The molecule has 7 heteroatoms. The van der Waals surface area contributed by atoms with Gasteiger partial charge in [-0.15, -0.1) is 0 Å². The lowest BCUT2D eigenvalue weighted by molar-refractivity contribution is 0.488. The molecule has 0 saturated carbocycles. The quantitative estimate of drug-likeness (QED) is 0.167. The normalized spacial score (nSPS) is 13.9. The van der Waals surface area contributed by atoms with E-state index in [1.165, 1.54) is 38.5 Å². The van der Waals surface area contributed by atoms with Gasteiger partial charge in [-0.2, -0.15) is 0 Å². The van der Waals surface area contributed by atoms with Gasteiger partial charge in [0.05, 0.1) is 5.69 Å². The van der Waals surface area contributed by atoms with Gasteiger partial charge in [0.15, 0.2) is 5.58 Å². The van der Waals surface area contributed by atoms with E-state index in [0.29, 0.717) is 0 Å². The van der Waals surface area contributed by atoms with Crippen molar-refractivity contribution >= 4 is 119 Å². The number of nitrogens with zero attached hydrogens (tertiary/aromatic N) is 3. The average molecular weight is 778 g/mol. The molecule has 5 nitrogen and oxygen atoms in total. The second-order valence-electron chi connectivity index (χ2n) is 16.4. The average Bonchev–Trinajstić information content (AvgIpc) is 3.71. The summed E-state index contributed by atoms with van der Waals surface area (Å²) in [7, 11) is 0. The fourth-order valence-electron chi connectivity index (χ4n) is 10.9. The largest absolute Gasteiger partial charge is 0.458 e. The summed E-state index contributed by atoms with van der Waals surface area (Å²) < 4.78 is 14.1. The number of furan rings is 1. The maximum Gasteiger partial charge on any atom is 0.256 e. The van der Waals surface area contributed by atoms with E-state index < -0.39 is 0 Å². The van der Waals surface area contributed by atoms with Gasteiger partial charge in [0.25, 0.3) is 13.4 Å². The van der Waals surface area contributed by atoms with Crippen LogP contribution in [-0.2, 0) is 0 Å². The van der Waals surface area contributed by atoms with E-state index in [9.17, 15) is 0 Å². The Hall–Kier alpha value is -7.89. The van der Waals surface area contributed by atoms with E-state index in [0.717, 1.165) is 78.9 Å². The summed E-state index contributed by atoms with van der Waals surface area (Å²) in [5.74, 6) is 1.77. The molecule has 282 valence electrons. The van der Waals surface area contributed by atoms with Gasteiger partial charge >= 0.3 is 0 Å². The molecule has 4 aliphatic rings. The van der Waals surface area contributed by atoms with Crippen LogP contribution < -0.4 is 52.2 Å². The summed E-state index contributed by atoms with van der Waals surface area (Å²) >= 11 is 0. The Morgan fingerprint density at radius 1 is 0.344 bits per heavy atom. The van der Waals surface area contributed by atoms with E-state index in [2.05, 4.69) is 215 Å². The molecule has 0 bridgehead atoms. The van der Waals surface area contributed by atoms with E-state index in [1.807, 2.05) is 0 Å². The van der Waals surface area contributed by atoms with Crippen molar-refractivity contribution in [2.24, 2.45) is 0 Å². The third-order valence-electron chi connectivity index (χ3n) is 13.3. The van der Waals surface area contributed by atoms with Crippen LogP contribution in [0.3, 0.4) is 0 Å². The maximum absolute atomic E-state index is 7.13. The Bertz CT molecular complexity index is 3450. The zero-order valence-corrected chi connectivity index (χ0v) is 32.9. The number of hydrogen-bond donors (Lipinski definition) is 0. The summed E-state index contributed by atoms with van der Waals surface area (Å²) in [5.41, 5.74) is 19.2. The molecule has 0 atom stereocenters. The van der Waals surface area contributed by atoms with E-state index in [4.69, 9.17) is 9.15 Å². The van der Waals surface area contributed by atoms with Crippen molar-refractivity contribution in [2.45, 2.75) is 0 Å². The molecule has 61 heavy (non-hydrogen) atoms. The van der Waals surface area contributed by atoms with Crippen molar-refractivity contribution in [3.8, 4) is 11.5 Å². The van der Waals surface area contributed by atoms with Gasteiger partial charge in [-0.3, -0.25) is 0 Å². The van der Waals surface area contributed by atoms with E-state index >= 15 is 0 Å². The molecule has 1 aromatic heterocycles. The minimum atomic E-state index is -0.102. The zero-order chi connectivity index (χ0) is 39.8. The Morgan fingerprint density at radius 2 is 0.918 bits per heavy atom. The Kier molecular flexibility index (Phi) is 6.66. The third kappa shape index (κ3) is 4.47. The van der Waals surface area contributed by atoms with Crippen LogP contribution in [0.2, 0.25) is 0 Å². The Balaban J connectivity index is 1.08. The molecule has 0 radical (unpaired) electrons. The first kappa shape index (κ1) is 33.0. The molecular formula is C54H33B2N3O2. The van der Waals surface area contributed by atoms with Crippen LogP contribution in [-0.4, -0.2) is 13.4 Å². The van der Waals surface area contributed by atoms with Crippen LogP contribution in [0.1, 0.15) is 0 Å². The summed E-state index contributed by atoms with van der Waals surface area (Å²) in [6, 6.07) is 72.2. The molecule has 5 heterocycles. The van der Waals surface area contributed by atoms with Crippen LogP contribution >= 0.6 is 0 Å². The minimum absolute atomic E-state index is 0.0417.